The van der Waals surface area contributed by atoms with Crippen LogP contribution in [0.1, 0.15) is 194 Å². The zero-order valence-electron chi connectivity index (χ0n) is 30.3. The second-order valence-corrected chi connectivity index (χ2v) is 13.0. The van der Waals surface area contributed by atoms with E-state index in [0.29, 0.717) is 12.8 Å². The van der Waals surface area contributed by atoms with Crippen molar-refractivity contribution in [1.82, 2.24) is 0 Å². The van der Waals surface area contributed by atoms with Gasteiger partial charge in [-0.3, -0.25) is 9.59 Å². The Balaban J connectivity index is 3.59. The van der Waals surface area contributed by atoms with Crippen molar-refractivity contribution in [2.75, 3.05) is 13.2 Å². The summed E-state index contributed by atoms with van der Waals surface area (Å²) in [6.07, 6.45) is 44.8. The number of aliphatic hydroxyl groups excluding tert-OH is 1. The molecular weight excluding hydrogens is 572 g/mol. The van der Waals surface area contributed by atoms with Gasteiger partial charge in [0, 0.05) is 12.8 Å². The summed E-state index contributed by atoms with van der Waals surface area (Å²) in [5.41, 5.74) is 0. The van der Waals surface area contributed by atoms with E-state index < -0.39 is 6.10 Å². The van der Waals surface area contributed by atoms with Crippen molar-refractivity contribution in [3.05, 3.63) is 36.5 Å². The lowest BCUT2D eigenvalue weighted by molar-refractivity contribution is -0.161. The Kier molecular flexibility index (Phi) is 36.0. The molecule has 268 valence electrons. The van der Waals surface area contributed by atoms with Crippen molar-refractivity contribution < 1.29 is 24.2 Å². The van der Waals surface area contributed by atoms with Crippen LogP contribution >= 0.6 is 0 Å². The first kappa shape index (κ1) is 44.1. The van der Waals surface area contributed by atoms with Crippen molar-refractivity contribution in [2.45, 2.75) is 200 Å². The van der Waals surface area contributed by atoms with E-state index in [9.17, 15) is 14.7 Å². The largest absolute Gasteiger partial charge is 0.462 e. The number of carbonyl (C=O) groups excluding carboxylic acids is 2. The fraction of sp³-hybridized carbons (Fsp3) is 0.805. The molecule has 0 saturated carbocycles. The summed E-state index contributed by atoms with van der Waals surface area (Å²) >= 11 is 0. The molecule has 0 aliphatic rings. The number of carbonyl (C=O) groups is 2. The summed E-state index contributed by atoms with van der Waals surface area (Å²) in [4.78, 5) is 24.2. The maximum Gasteiger partial charge on any atom is 0.306 e. The van der Waals surface area contributed by atoms with E-state index in [4.69, 9.17) is 9.47 Å². The predicted molar refractivity (Wildman–Crippen MR) is 196 cm³/mol. The Labute approximate surface area is 285 Å². The van der Waals surface area contributed by atoms with Crippen LogP contribution in [0.5, 0.6) is 0 Å². The van der Waals surface area contributed by atoms with E-state index in [1.807, 2.05) is 0 Å². The number of hydrogen-bond acceptors (Lipinski definition) is 5. The van der Waals surface area contributed by atoms with E-state index in [1.54, 1.807) is 0 Å². The quantitative estimate of drug-likeness (QED) is 0.0421. The van der Waals surface area contributed by atoms with Crippen molar-refractivity contribution in [3.63, 3.8) is 0 Å². The second-order valence-electron chi connectivity index (χ2n) is 13.0. The van der Waals surface area contributed by atoms with Gasteiger partial charge in [0.15, 0.2) is 6.10 Å². The molecule has 0 spiro atoms. The van der Waals surface area contributed by atoms with Gasteiger partial charge in [-0.15, -0.1) is 0 Å². The molecule has 46 heavy (non-hydrogen) atoms. The lowest BCUT2D eigenvalue weighted by Gasteiger charge is -2.15. The predicted octanol–water partition coefficient (Wildman–Crippen LogP) is 12.1. The lowest BCUT2D eigenvalue weighted by atomic mass is 10.0. The molecule has 0 saturated heterocycles. The van der Waals surface area contributed by atoms with E-state index in [1.165, 1.54) is 103 Å². The van der Waals surface area contributed by atoms with Crippen molar-refractivity contribution in [1.29, 1.82) is 0 Å². The SMILES string of the molecule is CCCCC/C=C\C/C=C\C/C=C\CCCCCCC(=O)O[C@@H](CO)COC(=O)CCCCCCCCCCCCCCCCC. The summed E-state index contributed by atoms with van der Waals surface area (Å²) in [5, 5.41) is 9.54. The highest BCUT2D eigenvalue weighted by molar-refractivity contribution is 5.70. The van der Waals surface area contributed by atoms with E-state index in [-0.39, 0.29) is 25.2 Å². The van der Waals surface area contributed by atoms with Gasteiger partial charge >= 0.3 is 11.9 Å². The molecule has 0 radical (unpaired) electrons. The summed E-state index contributed by atoms with van der Waals surface area (Å²) in [6, 6.07) is 0. The van der Waals surface area contributed by atoms with Crippen LogP contribution in [0.15, 0.2) is 36.5 Å². The van der Waals surface area contributed by atoms with Gasteiger partial charge in [-0.05, 0) is 51.4 Å². The summed E-state index contributed by atoms with van der Waals surface area (Å²) in [6.45, 7) is 4.09. The molecule has 0 aliphatic carbocycles. The third-order valence-corrected chi connectivity index (χ3v) is 8.44. The highest BCUT2D eigenvalue weighted by atomic mass is 16.6. The highest BCUT2D eigenvalue weighted by Crippen LogP contribution is 2.14. The Hall–Kier alpha value is -1.88. The number of ether oxygens (including phenoxy) is 2. The molecule has 0 unspecified atom stereocenters. The van der Waals surface area contributed by atoms with E-state index in [0.717, 1.165) is 64.2 Å². The first-order valence-electron chi connectivity index (χ1n) is 19.5. The van der Waals surface area contributed by atoms with Crippen LogP contribution in [0.3, 0.4) is 0 Å². The van der Waals surface area contributed by atoms with Gasteiger partial charge < -0.3 is 14.6 Å². The zero-order valence-corrected chi connectivity index (χ0v) is 30.3. The van der Waals surface area contributed by atoms with Gasteiger partial charge in [0.2, 0.25) is 0 Å². The molecule has 1 N–H and O–H groups in total. The van der Waals surface area contributed by atoms with Crippen molar-refractivity contribution in [3.8, 4) is 0 Å². The molecule has 0 aromatic heterocycles. The first-order valence-corrected chi connectivity index (χ1v) is 19.5. The van der Waals surface area contributed by atoms with Crippen LogP contribution in [0, 0.1) is 0 Å². The minimum atomic E-state index is -0.779. The molecule has 0 amide bonds. The third-order valence-electron chi connectivity index (χ3n) is 8.44. The summed E-state index contributed by atoms with van der Waals surface area (Å²) in [7, 11) is 0. The number of rotatable bonds is 35. The molecule has 1 atom stereocenters. The second kappa shape index (κ2) is 37.6. The normalized spacial score (nSPS) is 12.5. The van der Waals surface area contributed by atoms with Gasteiger partial charge in [0.05, 0.1) is 6.61 Å². The molecule has 0 bridgehead atoms. The van der Waals surface area contributed by atoms with Crippen LogP contribution in [0.4, 0.5) is 0 Å². The fourth-order valence-corrected chi connectivity index (χ4v) is 5.44. The minimum absolute atomic E-state index is 0.0723. The summed E-state index contributed by atoms with van der Waals surface area (Å²) in [5.74, 6) is -0.611. The van der Waals surface area contributed by atoms with Crippen LogP contribution in [0.2, 0.25) is 0 Å². The molecule has 0 fully saturated rings. The maximum absolute atomic E-state index is 12.2. The first-order chi connectivity index (χ1) is 22.6. The van der Waals surface area contributed by atoms with Gasteiger partial charge in [-0.2, -0.15) is 0 Å². The average Bonchev–Trinajstić information content (AvgIpc) is 3.06. The Morgan fingerprint density at radius 2 is 0.870 bits per heavy atom. The third kappa shape index (κ3) is 35.0. The standard InChI is InChI=1S/C41H74O5/c1-3-5-7-9-11-13-15-17-19-20-22-24-26-28-30-32-34-36-41(44)46-39(37-42)38-45-40(43)35-33-31-29-27-25-23-21-18-16-14-12-10-8-6-4-2/h11,13,17,19,22,24,39,42H,3-10,12,14-16,18,20-21,23,25-38H2,1-2H3/b13-11-,19-17-,24-22-/t39-/m0/s1. The van der Waals surface area contributed by atoms with Crippen molar-refractivity contribution in [2.24, 2.45) is 0 Å². The lowest BCUT2D eigenvalue weighted by Crippen LogP contribution is -2.28. The Morgan fingerprint density at radius 1 is 0.500 bits per heavy atom. The smallest absolute Gasteiger partial charge is 0.306 e. The highest BCUT2D eigenvalue weighted by Gasteiger charge is 2.16. The molecule has 0 aliphatic heterocycles. The van der Waals surface area contributed by atoms with Crippen LogP contribution in [-0.2, 0) is 19.1 Å². The van der Waals surface area contributed by atoms with E-state index in [2.05, 4.69) is 50.3 Å². The van der Waals surface area contributed by atoms with Crippen molar-refractivity contribution >= 4 is 11.9 Å². The minimum Gasteiger partial charge on any atom is -0.462 e. The molecule has 0 rings (SSSR count). The van der Waals surface area contributed by atoms with Crippen LogP contribution in [-0.4, -0.2) is 36.4 Å². The van der Waals surface area contributed by atoms with Crippen LogP contribution < -0.4 is 0 Å². The van der Waals surface area contributed by atoms with Gasteiger partial charge in [0.25, 0.3) is 0 Å². The maximum atomic E-state index is 12.2. The Morgan fingerprint density at radius 3 is 1.35 bits per heavy atom. The molecule has 0 heterocycles. The number of unbranched alkanes of at least 4 members (excludes halogenated alkanes) is 21. The summed E-state index contributed by atoms with van der Waals surface area (Å²) < 4.78 is 10.6. The average molecular weight is 647 g/mol. The molecule has 0 aromatic carbocycles. The monoisotopic (exact) mass is 647 g/mol. The fourth-order valence-electron chi connectivity index (χ4n) is 5.44. The van der Waals surface area contributed by atoms with Gasteiger partial charge in [0.1, 0.15) is 6.61 Å². The van der Waals surface area contributed by atoms with Gasteiger partial charge in [-0.25, -0.2) is 0 Å². The molecular formula is C41H74O5. The molecule has 5 heteroatoms. The molecule has 5 nitrogen and oxygen atoms in total. The number of aliphatic hydroxyl groups is 1. The van der Waals surface area contributed by atoms with Gasteiger partial charge in [-0.1, -0.05) is 166 Å². The zero-order chi connectivity index (χ0) is 33.6. The Bertz CT molecular complexity index is 741. The number of hydrogen-bond donors (Lipinski definition) is 1. The van der Waals surface area contributed by atoms with Crippen LogP contribution in [0.25, 0.3) is 0 Å². The van der Waals surface area contributed by atoms with E-state index >= 15 is 0 Å². The number of esters is 2. The number of allylic oxidation sites excluding steroid dienone is 6. The topological polar surface area (TPSA) is 72.8 Å². The molecule has 0 aromatic rings.